The van der Waals surface area contributed by atoms with E-state index in [0.717, 1.165) is 28.2 Å². The van der Waals surface area contributed by atoms with Gasteiger partial charge in [-0.25, -0.2) is 15.0 Å². The second-order valence-electron chi connectivity index (χ2n) is 4.26. The van der Waals surface area contributed by atoms with E-state index in [1.807, 2.05) is 11.4 Å². The Bertz CT molecular complexity index is 813. The van der Waals surface area contributed by atoms with Crippen molar-refractivity contribution in [1.82, 2.24) is 19.9 Å². The van der Waals surface area contributed by atoms with Gasteiger partial charge in [-0.1, -0.05) is 6.92 Å². The average Bonchev–Trinajstić information content (AvgIpc) is 2.94. The molecule has 0 aromatic carbocycles. The number of H-pyrrole nitrogens is 1. The molecular formula is C13H13N5OS2. The summed E-state index contributed by atoms with van der Waals surface area (Å²) in [6.45, 7) is 2.91. The normalized spacial score (nSPS) is 10.9. The first-order valence-corrected chi connectivity index (χ1v) is 8.18. The first-order chi connectivity index (χ1) is 10.3. The summed E-state index contributed by atoms with van der Waals surface area (Å²) >= 11 is 2.90. The maximum absolute atomic E-state index is 11.4. The standard InChI is InChI=1S/C13H13N5OS2/c1-2-5-14-12-17-10-8(4-7-20-10)11(18-12)21-13-15-6-3-9(19)16-13/h3-4,6-7H,2,5H2,1H3,(H,14,17,18)(H,15,16,19). The van der Waals surface area contributed by atoms with Crippen LogP contribution in [0.25, 0.3) is 10.2 Å². The number of nitrogens with one attached hydrogen (secondary N) is 2. The van der Waals surface area contributed by atoms with Crippen LogP contribution in [0.15, 0.2) is 38.7 Å². The van der Waals surface area contributed by atoms with Crippen molar-refractivity contribution < 1.29 is 0 Å². The molecule has 3 heterocycles. The lowest BCUT2D eigenvalue weighted by Gasteiger charge is -2.06. The third-order valence-electron chi connectivity index (χ3n) is 2.66. The molecule has 0 radical (unpaired) electrons. The van der Waals surface area contributed by atoms with Crippen molar-refractivity contribution in [2.75, 3.05) is 11.9 Å². The molecule has 3 aromatic rings. The Labute approximate surface area is 129 Å². The molecule has 0 saturated heterocycles. The van der Waals surface area contributed by atoms with Crippen LogP contribution in [0.3, 0.4) is 0 Å². The molecule has 0 aliphatic heterocycles. The number of anilines is 1. The molecule has 0 atom stereocenters. The molecule has 8 heteroatoms. The number of fused-ring (bicyclic) bond motifs is 1. The van der Waals surface area contributed by atoms with Gasteiger partial charge in [0.25, 0.3) is 5.56 Å². The fourth-order valence-electron chi connectivity index (χ4n) is 1.72. The summed E-state index contributed by atoms with van der Waals surface area (Å²) < 4.78 is 0. The van der Waals surface area contributed by atoms with E-state index in [4.69, 9.17) is 0 Å². The van der Waals surface area contributed by atoms with Crippen molar-refractivity contribution in [3.63, 3.8) is 0 Å². The van der Waals surface area contributed by atoms with Gasteiger partial charge in [0.05, 0.1) is 0 Å². The second kappa shape index (κ2) is 6.23. The summed E-state index contributed by atoms with van der Waals surface area (Å²) in [5.41, 5.74) is -0.174. The molecule has 0 fully saturated rings. The van der Waals surface area contributed by atoms with Crippen LogP contribution in [0.5, 0.6) is 0 Å². The summed E-state index contributed by atoms with van der Waals surface area (Å²) in [6.07, 6.45) is 2.49. The van der Waals surface area contributed by atoms with Gasteiger partial charge < -0.3 is 10.3 Å². The van der Waals surface area contributed by atoms with Crippen LogP contribution in [0.2, 0.25) is 0 Å². The number of aromatic nitrogens is 4. The van der Waals surface area contributed by atoms with Crippen molar-refractivity contribution in [1.29, 1.82) is 0 Å². The van der Waals surface area contributed by atoms with Crippen LogP contribution < -0.4 is 10.9 Å². The average molecular weight is 319 g/mol. The van der Waals surface area contributed by atoms with E-state index >= 15 is 0 Å². The minimum atomic E-state index is -0.174. The molecule has 3 aromatic heterocycles. The SMILES string of the molecule is CCCNc1nc(Sc2nccc(=O)[nH]2)c2ccsc2n1. The predicted octanol–water partition coefficient (Wildman–Crippen LogP) is 2.75. The van der Waals surface area contributed by atoms with Gasteiger partial charge in [0.1, 0.15) is 9.86 Å². The quantitative estimate of drug-likeness (QED) is 0.556. The molecule has 0 aliphatic carbocycles. The maximum atomic E-state index is 11.4. The Morgan fingerprint density at radius 3 is 3.10 bits per heavy atom. The van der Waals surface area contributed by atoms with Crippen LogP contribution >= 0.6 is 23.1 Å². The van der Waals surface area contributed by atoms with Crippen LogP contribution in [0, 0.1) is 0 Å². The summed E-state index contributed by atoms with van der Waals surface area (Å²) in [4.78, 5) is 28.1. The fourth-order valence-corrected chi connectivity index (χ4v) is 3.40. The van der Waals surface area contributed by atoms with Crippen LogP contribution in [0.4, 0.5) is 5.95 Å². The summed E-state index contributed by atoms with van der Waals surface area (Å²) in [5, 5.41) is 7.45. The van der Waals surface area contributed by atoms with E-state index in [-0.39, 0.29) is 5.56 Å². The van der Waals surface area contributed by atoms with E-state index in [9.17, 15) is 4.79 Å². The molecule has 0 unspecified atom stereocenters. The molecule has 6 nitrogen and oxygen atoms in total. The van der Waals surface area contributed by atoms with Gasteiger partial charge in [-0.2, -0.15) is 0 Å². The predicted molar refractivity (Wildman–Crippen MR) is 85.2 cm³/mol. The molecule has 21 heavy (non-hydrogen) atoms. The van der Waals surface area contributed by atoms with Gasteiger partial charge in [-0.3, -0.25) is 4.79 Å². The van der Waals surface area contributed by atoms with Gasteiger partial charge in [0.15, 0.2) is 5.16 Å². The summed E-state index contributed by atoms with van der Waals surface area (Å²) in [5.74, 6) is 0.604. The Hall–Kier alpha value is -1.93. The number of hydrogen-bond donors (Lipinski definition) is 2. The van der Waals surface area contributed by atoms with Gasteiger partial charge in [0.2, 0.25) is 5.95 Å². The number of nitrogens with zero attached hydrogens (tertiary/aromatic N) is 3. The molecule has 0 aliphatic rings. The van der Waals surface area contributed by atoms with E-state index in [0.29, 0.717) is 11.1 Å². The largest absolute Gasteiger partial charge is 0.354 e. The molecule has 2 N–H and O–H groups in total. The summed E-state index contributed by atoms with van der Waals surface area (Å²) in [7, 11) is 0. The molecule has 0 amide bonds. The first kappa shape index (κ1) is 14.0. The topological polar surface area (TPSA) is 83.6 Å². The smallest absolute Gasteiger partial charge is 0.251 e. The lowest BCUT2D eigenvalue weighted by molar-refractivity contribution is 0.927. The Balaban J connectivity index is 1.99. The highest BCUT2D eigenvalue weighted by molar-refractivity contribution is 7.99. The van der Waals surface area contributed by atoms with Gasteiger partial charge in [-0.15, -0.1) is 11.3 Å². The molecule has 0 saturated carbocycles. The van der Waals surface area contributed by atoms with Crippen molar-refractivity contribution in [3.05, 3.63) is 34.1 Å². The minimum absolute atomic E-state index is 0.174. The molecule has 3 rings (SSSR count). The van der Waals surface area contributed by atoms with E-state index < -0.39 is 0 Å². The summed E-state index contributed by atoms with van der Waals surface area (Å²) in [6, 6.07) is 3.37. The van der Waals surface area contributed by atoms with Crippen molar-refractivity contribution in [3.8, 4) is 0 Å². The lowest BCUT2D eigenvalue weighted by atomic mass is 10.4. The van der Waals surface area contributed by atoms with Crippen molar-refractivity contribution in [2.45, 2.75) is 23.5 Å². The maximum Gasteiger partial charge on any atom is 0.251 e. The zero-order valence-electron chi connectivity index (χ0n) is 11.3. The Morgan fingerprint density at radius 1 is 1.38 bits per heavy atom. The monoisotopic (exact) mass is 319 g/mol. The number of rotatable bonds is 5. The second-order valence-corrected chi connectivity index (χ2v) is 6.13. The third-order valence-corrected chi connectivity index (χ3v) is 4.38. The third kappa shape index (κ3) is 3.22. The number of aromatic amines is 1. The number of hydrogen-bond acceptors (Lipinski definition) is 7. The van der Waals surface area contributed by atoms with E-state index in [1.165, 1.54) is 24.0 Å². The Morgan fingerprint density at radius 2 is 2.29 bits per heavy atom. The van der Waals surface area contributed by atoms with Gasteiger partial charge in [-0.05, 0) is 29.6 Å². The zero-order chi connectivity index (χ0) is 14.7. The molecule has 0 bridgehead atoms. The lowest BCUT2D eigenvalue weighted by Crippen LogP contribution is -2.06. The number of thiophene rings is 1. The highest BCUT2D eigenvalue weighted by Gasteiger charge is 2.11. The first-order valence-electron chi connectivity index (χ1n) is 6.48. The molecule has 108 valence electrons. The van der Waals surface area contributed by atoms with Crippen LogP contribution in [-0.4, -0.2) is 26.5 Å². The van der Waals surface area contributed by atoms with Gasteiger partial charge in [0, 0.05) is 24.2 Å². The Kier molecular flexibility index (Phi) is 4.16. The van der Waals surface area contributed by atoms with Crippen LogP contribution in [-0.2, 0) is 0 Å². The van der Waals surface area contributed by atoms with Gasteiger partial charge >= 0.3 is 0 Å². The van der Waals surface area contributed by atoms with Crippen molar-refractivity contribution >= 4 is 39.3 Å². The highest BCUT2D eigenvalue weighted by atomic mass is 32.2. The molecular weight excluding hydrogens is 306 g/mol. The van der Waals surface area contributed by atoms with E-state index in [1.54, 1.807) is 11.3 Å². The van der Waals surface area contributed by atoms with E-state index in [2.05, 4.69) is 32.2 Å². The van der Waals surface area contributed by atoms with Crippen molar-refractivity contribution in [2.24, 2.45) is 0 Å². The molecule has 0 spiro atoms. The van der Waals surface area contributed by atoms with Crippen LogP contribution in [0.1, 0.15) is 13.3 Å². The highest BCUT2D eigenvalue weighted by Crippen LogP contribution is 2.32. The fraction of sp³-hybridized carbons (Fsp3) is 0.231. The minimum Gasteiger partial charge on any atom is -0.354 e. The zero-order valence-corrected chi connectivity index (χ0v) is 12.9.